The van der Waals surface area contributed by atoms with Crippen molar-refractivity contribution >= 4 is 39.1 Å². The number of benzene rings is 3. The average molecular weight is 491 g/mol. The van der Waals surface area contributed by atoms with Crippen LogP contribution in [0.15, 0.2) is 71.2 Å². The zero-order valence-corrected chi connectivity index (χ0v) is 19.4. The number of fused-ring (bicyclic) bond motifs is 1. The highest BCUT2D eigenvalue weighted by Crippen LogP contribution is 2.33. The molecule has 1 fully saturated rings. The second-order valence-corrected chi connectivity index (χ2v) is 8.85. The van der Waals surface area contributed by atoms with Gasteiger partial charge < -0.3 is 14.7 Å². The minimum Gasteiger partial charge on any atom is -0.489 e. The van der Waals surface area contributed by atoms with E-state index in [2.05, 4.69) is 69.4 Å². The monoisotopic (exact) mass is 489 g/mol. The van der Waals surface area contributed by atoms with Crippen molar-refractivity contribution in [2.24, 2.45) is 5.92 Å². The normalized spacial score (nSPS) is 16.2. The number of aliphatic hydroxyl groups excluding tert-OH is 1. The first kappa shape index (κ1) is 23.1. The van der Waals surface area contributed by atoms with Crippen molar-refractivity contribution in [1.82, 2.24) is 4.90 Å². The number of hydrogen-bond donors (Lipinski definition) is 1. The second kappa shape index (κ2) is 11.1. The number of hydrogen-bond acceptors (Lipinski definition) is 3. The third-order valence-electron chi connectivity index (χ3n) is 5.79. The molecule has 0 aromatic heterocycles. The third-order valence-corrected chi connectivity index (χ3v) is 6.42. The molecule has 3 aromatic carbocycles. The zero-order chi connectivity index (χ0) is 20.1. The number of nitrogens with zero attached hydrogens (tertiary/aromatic N) is 1. The highest BCUT2D eigenvalue weighted by molar-refractivity contribution is 9.10. The molecule has 0 saturated carbocycles. The third kappa shape index (κ3) is 5.98. The lowest BCUT2D eigenvalue weighted by atomic mass is 9.90. The van der Waals surface area contributed by atoms with E-state index in [0.717, 1.165) is 46.4 Å². The fraction of sp³-hybridized carbons (Fsp3) is 0.360. The van der Waals surface area contributed by atoms with E-state index in [1.165, 1.54) is 18.4 Å². The van der Waals surface area contributed by atoms with Gasteiger partial charge in [-0.2, -0.15) is 0 Å². The van der Waals surface area contributed by atoms with Gasteiger partial charge in [-0.15, -0.1) is 12.4 Å². The molecule has 1 saturated heterocycles. The van der Waals surface area contributed by atoms with Gasteiger partial charge in [-0.25, -0.2) is 0 Å². The van der Waals surface area contributed by atoms with Crippen LogP contribution in [-0.4, -0.2) is 42.4 Å². The van der Waals surface area contributed by atoms with Crippen molar-refractivity contribution in [1.29, 1.82) is 0 Å². The van der Waals surface area contributed by atoms with Crippen LogP contribution in [0.1, 0.15) is 18.4 Å². The standard InChI is InChI=1S/C25H28BrNO2.ClH/c26-24-11-10-21-8-4-5-9-23(21)25(24)29-18-22(28)17-27-14-12-20(13-15-27)16-19-6-2-1-3-7-19;/h1-11,20,22,28H,12-18H2;1H. The van der Waals surface area contributed by atoms with E-state index in [1.807, 2.05) is 18.2 Å². The van der Waals surface area contributed by atoms with Gasteiger partial charge >= 0.3 is 0 Å². The molecule has 160 valence electrons. The highest BCUT2D eigenvalue weighted by Gasteiger charge is 2.21. The Bertz CT molecular complexity index is 929. The SMILES string of the molecule is Cl.OC(COc1c(Br)ccc2ccccc12)CN1CCC(Cc2ccccc2)CC1. The molecule has 1 unspecified atom stereocenters. The van der Waals surface area contributed by atoms with Gasteiger partial charge in [-0.1, -0.05) is 60.7 Å². The summed E-state index contributed by atoms with van der Waals surface area (Å²) in [5.41, 5.74) is 1.43. The summed E-state index contributed by atoms with van der Waals surface area (Å²) in [6, 6.07) is 23.0. The van der Waals surface area contributed by atoms with Gasteiger partial charge in [0.15, 0.2) is 0 Å². The first-order valence-corrected chi connectivity index (χ1v) is 11.2. The largest absolute Gasteiger partial charge is 0.489 e. The lowest BCUT2D eigenvalue weighted by Crippen LogP contribution is -2.41. The molecule has 5 heteroatoms. The number of piperidine rings is 1. The quantitative estimate of drug-likeness (QED) is 0.460. The second-order valence-electron chi connectivity index (χ2n) is 8.00. The lowest BCUT2D eigenvalue weighted by Gasteiger charge is -2.33. The summed E-state index contributed by atoms with van der Waals surface area (Å²) in [4.78, 5) is 2.37. The molecule has 0 bridgehead atoms. The molecule has 0 spiro atoms. The molecular formula is C25H29BrClNO2. The molecule has 1 aliphatic heterocycles. The summed E-state index contributed by atoms with van der Waals surface area (Å²) >= 11 is 3.58. The van der Waals surface area contributed by atoms with Crippen LogP contribution in [0.25, 0.3) is 10.8 Å². The van der Waals surface area contributed by atoms with Gasteiger partial charge in [-0.3, -0.25) is 0 Å². The van der Waals surface area contributed by atoms with Crippen molar-refractivity contribution in [2.75, 3.05) is 26.2 Å². The van der Waals surface area contributed by atoms with Crippen molar-refractivity contribution < 1.29 is 9.84 Å². The average Bonchev–Trinajstić information content (AvgIpc) is 2.75. The van der Waals surface area contributed by atoms with Gasteiger partial charge in [0, 0.05) is 11.9 Å². The van der Waals surface area contributed by atoms with Gasteiger partial charge in [-0.05, 0) is 71.2 Å². The Morgan fingerprint density at radius 2 is 1.67 bits per heavy atom. The Morgan fingerprint density at radius 3 is 2.43 bits per heavy atom. The predicted octanol–water partition coefficient (Wildman–Crippen LogP) is 5.72. The molecule has 30 heavy (non-hydrogen) atoms. The number of halogens is 2. The highest BCUT2D eigenvalue weighted by atomic mass is 79.9. The number of likely N-dealkylation sites (tertiary alicyclic amines) is 1. The van der Waals surface area contributed by atoms with Crippen molar-refractivity contribution in [3.05, 3.63) is 76.8 Å². The molecule has 0 amide bonds. The van der Waals surface area contributed by atoms with Crippen LogP contribution in [0.3, 0.4) is 0 Å². The summed E-state index contributed by atoms with van der Waals surface area (Å²) in [5.74, 6) is 1.55. The van der Waals surface area contributed by atoms with Gasteiger partial charge in [0.25, 0.3) is 0 Å². The Hall–Kier alpha value is -1.59. The van der Waals surface area contributed by atoms with Gasteiger partial charge in [0.05, 0.1) is 4.47 Å². The topological polar surface area (TPSA) is 32.7 Å². The Labute approximate surface area is 193 Å². The Morgan fingerprint density at radius 1 is 0.967 bits per heavy atom. The maximum atomic E-state index is 10.5. The minimum absolute atomic E-state index is 0. The Kier molecular flexibility index (Phi) is 8.58. The molecule has 1 atom stereocenters. The lowest BCUT2D eigenvalue weighted by molar-refractivity contribution is 0.0553. The van der Waals surface area contributed by atoms with E-state index in [4.69, 9.17) is 4.74 Å². The molecule has 3 nitrogen and oxygen atoms in total. The smallest absolute Gasteiger partial charge is 0.141 e. The molecule has 0 aliphatic carbocycles. The summed E-state index contributed by atoms with van der Waals surface area (Å²) in [6.45, 7) is 3.07. The van der Waals surface area contributed by atoms with Crippen LogP contribution < -0.4 is 4.74 Å². The Balaban J connectivity index is 0.00000256. The minimum atomic E-state index is -0.494. The summed E-state index contributed by atoms with van der Waals surface area (Å²) in [7, 11) is 0. The van der Waals surface area contributed by atoms with E-state index < -0.39 is 6.10 Å². The van der Waals surface area contributed by atoms with E-state index >= 15 is 0 Å². The first-order valence-electron chi connectivity index (χ1n) is 10.4. The predicted molar refractivity (Wildman–Crippen MR) is 130 cm³/mol. The molecule has 4 rings (SSSR count). The van der Waals surface area contributed by atoms with Crippen molar-refractivity contribution in [3.8, 4) is 5.75 Å². The molecular weight excluding hydrogens is 462 g/mol. The van der Waals surface area contributed by atoms with E-state index in [1.54, 1.807) is 0 Å². The van der Waals surface area contributed by atoms with Crippen molar-refractivity contribution in [2.45, 2.75) is 25.4 Å². The molecule has 3 aromatic rings. The fourth-order valence-electron chi connectivity index (χ4n) is 4.21. The molecule has 1 aliphatic rings. The summed E-state index contributed by atoms with van der Waals surface area (Å²) in [5, 5.41) is 12.7. The van der Waals surface area contributed by atoms with Crippen LogP contribution in [0.4, 0.5) is 0 Å². The van der Waals surface area contributed by atoms with E-state index in [-0.39, 0.29) is 12.4 Å². The fourth-order valence-corrected chi connectivity index (χ4v) is 4.67. The van der Waals surface area contributed by atoms with E-state index in [0.29, 0.717) is 13.2 Å². The van der Waals surface area contributed by atoms with Crippen LogP contribution in [0, 0.1) is 5.92 Å². The maximum Gasteiger partial charge on any atom is 0.141 e. The zero-order valence-electron chi connectivity index (χ0n) is 17.0. The van der Waals surface area contributed by atoms with Crippen molar-refractivity contribution in [3.63, 3.8) is 0 Å². The van der Waals surface area contributed by atoms with Crippen LogP contribution in [-0.2, 0) is 6.42 Å². The van der Waals surface area contributed by atoms with Crippen LogP contribution >= 0.6 is 28.3 Å². The maximum absolute atomic E-state index is 10.5. The van der Waals surface area contributed by atoms with E-state index in [9.17, 15) is 5.11 Å². The van der Waals surface area contributed by atoms with Gasteiger partial charge in [0.1, 0.15) is 18.5 Å². The molecule has 1 N–H and O–H groups in total. The molecule has 1 heterocycles. The number of aliphatic hydroxyl groups is 1. The number of β-amino-alcohol motifs (C(OH)–C–C–N with tert-alkyl or cyclic N) is 1. The number of ether oxygens (including phenoxy) is 1. The van der Waals surface area contributed by atoms with Crippen LogP contribution in [0.5, 0.6) is 5.75 Å². The van der Waals surface area contributed by atoms with Gasteiger partial charge in [0.2, 0.25) is 0 Å². The summed E-state index contributed by atoms with van der Waals surface area (Å²) < 4.78 is 6.95. The molecule has 0 radical (unpaired) electrons. The van der Waals surface area contributed by atoms with Crippen LogP contribution in [0.2, 0.25) is 0 Å². The summed E-state index contributed by atoms with van der Waals surface area (Å²) in [6.07, 6.45) is 3.05. The number of rotatable bonds is 7. The first-order chi connectivity index (χ1) is 14.2.